The SMILES string of the molecule is CCN(CC)c1ccc(CCCS)cc1. The molecular weight excluding hydrogens is 202 g/mol. The van der Waals surface area contributed by atoms with Crippen molar-refractivity contribution in [3.8, 4) is 0 Å². The molecule has 0 spiro atoms. The summed E-state index contributed by atoms with van der Waals surface area (Å²) in [5, 5.41) is 0. The Balaban J connectivity index is 2.62. The van der Waals surface area contributed by atoms with Crippen LogP contribution in [0, 0.1) is 0 Å². The Morgan fingerprint density at radius 2 is 1.67 bits per heavy atom. The van der Waals surface area contributed by atoms with Crippen LogP contribution in [0.25, 0.3) is 0 Å². The highest BCUT2D eigenvalue weighted by molar-refractivity contribution is 7.80. The molecule has 15 heavy (non-hydrogen) atoms. The van der Waals surface area contributed by atoms with Crippen molar-refractivity contribution in [2.24, 2.45) is 0 Å². The van der Waals surface area contributed by atoms with Gasteiger partial charge in [-0.15, -0.1) is 0 Å². The molecular formula is C13H21NS. The third-order valence-corrected chi connectivity index (χ3v) is 3.00. The molecule has 0 atom stereocenters. The Morgan fingerprint density at radius 3 is 2.13 bits per heavy atom. The van der Waals surface area contributed by atoms with Crippen LogP contribution in [0.1, 0.15) is 25.8 Å². The van der Waals surface area contributed by atoms with E-state index < -0.39 is 0 Å². The van der Waals surface area contributed by atoms with E-state index in [-0.39, 0.29) is 0 Å². The van der Waals surface area contributed by atoms with Gasteiger partial charge in [0.05, 0.1) is 0 Å². The zero-order valence-corrected chi connectivity index (χ0v) is 10.6. The fourth-order valence-electron chi connectivity index (χ4n) is 1.75. The average molecular weight is 223 g/mol. The van der Waals surface area contributed by atoms with Crippen molar-refractivity contribution in [2.75, 3.05) is 23.7 Å². The molecule has 2 heteroatoms. The molecule has 1 aromatic carbocycles. The first-order valence-corrected chi connectivity index (χ1v) is 6.39. The summed E-state index contributed by atoms with van der Waals surface area (Å²) in [4.78, 5) is 2.36. The second kappa shape index (κ2) is 6.78. The molecule has 0 aromatic heterocycles. The largest absolute Gasteiger partial charge is 0.372 e. The third-order valence-electron chi connectivity index (χ3n) is 2.69. The van der Waals surface area contributed by atoms with Crippen molar-refractivity contribution in [3.63, 3.8) is 0 Å². The van der Waals surface area contributed by atoms with E-state index in [0.717, 1.165) is 31.7 Å². The lowest BCUT2D eigenvalue weighted by Crippen LogP contribution is -2.21. The predicted molar refractivity (Wildman–Crippen MR) is 72.2 cm³/mol. The molecule has 0 amide bonds. The van der Waals surface area contributed by atoms with Crippen LogP contribution in [0.2, 0.25) is 0 Å². The Kier molecular flexibility index (Phi) is 5.62. The standard InChI is InChI=1S/C13H21NS/c1-3-14(4-2)13-9-7-12(8-10-13)6-5-11-15/h7-10,15H,3-6,11H2,1-2H3. The summed E-state index contributed by atoms with van der Waals surface area (Å²) in [5.74, 6) is 0.970. The molecule has 1 rings (SSSR count). The van der Waals surface area contributed by atoms with Crippen LogP contribution in [0.4, 0.5) is 5.69 Å². The predicted octanol–water partition coefficient (Wildman–Crippen LogP) is 3.40. The molecule has 0 heterocycles. The second-order valence-corrected chi connectivity index (χ2v) is 4.11. The molecule has 1 nitrogen and oxygen atoms in total. The number of rotatable bonds is 6. The van der Waals surface area contributed by atoms with Crippen molar-refractivity contribution in [3.05, 3.63) is 29.8 Å². The Morgan fingerprint density at radius 1 is 1.07 bits per heavy atom. The Bertz CT molecular complexity index is 264. The molecule has 0 saturated heterocycles. The first-order valence-electron chi connectivity index (χ1n) is 5.76. The van der Waals surface area contributed by atoms with Gasteiger partial charge in [0.1, 0.15) is 0 Å². The van der Waals surface area contributed by atoms with Gasteiger partial charge in [0, 0.05) is 18.8 Å². The minimum atomic E-state index is 0.970. The first-order chi connectivity index (χ1) is 7.31. The molecule has 0 radical (unpaired) electrons. The topological polar surface area (TPSA) is 3.24 Å². The molecule has 1 aromatic rings. The lowest BCUT2D eigenvalue weighted by Gasteiger charge is -2.21. The van der Waals surface area contributed by atoms with Gasteiger partial charge in [-0.2, -0.15) is 12.6 Å². The summed E-state index contributed by atoms with van der Waals surface area (Å²) in [6.07, 6.45) is 2.30. The van der Waals surface area contributed by atoms with Gasteiger partial charge in [0.25, 0.3) is 0 Å². The molecule has 0 saturated carbocycles. The minimum absolute atomic E-state index is 0.970. The number of nitrogens with zero attached hydrogens (tertiary/aromatic N) is 1. The van der Waals surface area contributed by atoms with Gasteiger partial charge in [0.15, 0.2) is 0 Å². The van der Waals surface area contributed by atoms with Crippen molar-refractivity contribution in [1.29, 1.82) is 0 Å². The van der Waals surface area contributed by atoms with Gasteiger partial charge in [-0.25, -0.2) is 0 Å². The molecule has 0 unspecified atom stereocenters. The van der Waals surface area contributed by atoms with E-state index >= 15 is 0 Å². The van der Waals surface area contributed by atoms with Gasteiger partial charge < -0.3 is 4.90 Å². The summed E-state index contributed by atoms with van der Waals surface area (Å²) < 4.78 is 0. The van der Waals surface area contributed by atoms with Gasteiger partial charge in [-0.3, -0.25) is 0 Å². The molecule has 0 aliphatic rings. The minimum Gasteiger partial charge on any atom is -0.372 e. The summed E-state index contributed by atoms with van der Waals surface area (Å²) in [6.45, 7) is 6.54. The smallest absolute Gasteiger partial charge is 0.0366 e. The van der Waals surface area contributed by atoms with Gasteiger partial charge >= 0.3 is 0 Å². The zero-order chi connectivity index (χ0) is 11.1. The van der Waals surface area contributed by atoms with Crippen LogP contribution in [-0.2, 0) is 6.42 Å². The highest BCUT2D eigenvalue weighted by Crippen LogP contribution is 2.15. The summed E-state index contributed by atoms with van der Waals surface area (Å²) in [6, 6.07) is 8.91. The summed E-state index contributed by atoms with van der Waals surface area (Å²) in [7, 11) is 0. The maximum atomic E-state index is 4.23. The van der Waals surface area contributed by atoms with E-state index in [9.17, 15) is 0 Å². The van der Waals surface area contributed by atoms with E-state index in [0.29, 0.717) is 0 Å². The number of anilines is 1. The fourth-order valence-corrected chi connectivity index (χ4v) is 1.90. The Labute approximate surface area is 98.9 Å². The van der Waals surface area contributed by atoms with Gasteiger partial charge in [0.2, 0.25) is 0 Å². The number of hydrogen-bond acceptors (Lipinski definition) is 2. The summed E-state index contributed by atoms with van der Waals surface area (Å²) in [5.41, 5.74) is 2.74. The quantitative estimate of drug-likeness (QED) is 0.723. The monoisotopic (exact) mass is 223 g/mol. The van der Waals surface area contributed by atoms with E-state index in [1.165, 1.54) is 11.3 Å². The second-order valence-electron chi connectivity index (χ2n) is 3.67. The number of thiol groups is 1. The van der Waals surface area contributed by atoms with Crippen LogP contribution < -0.4 is 4.90 Å². The van der Waals surface area contributed by atoms with E-state index in [1.807, 2.05) is 0 Å². The molecule has 0 aliphatic carbocycles. The molecule has 84 valence electrons. The van der Waals surface area contributed by atoms with Crippen LogP contribution >= 0.6 is 12.6 Å². The highest BCUT2D eigenvalue weighted by Gasteiger charge is 2.00. The third kappa shape index (κ3) is 3.78. The number of benzene rings is 1. The van der Waals surface area contributed by atoms with E-state index in [4.69, 9.17) is 0 Å². The maximum Gasteiger partial charge on any atom is 0.0366 e. The average Bonchev–Trinajstić information content (AvgIpc) is 2.29. The molecule has 0 N–H and O–H groups in total. The maximum absolute atomic E-state index is 4.23. The van der Waals surface area contributed by atoms with Gasteiger partial charge in [-0.1, -0.05) is 12.1 Å². The first kappa shape index (κ1) is 12.4. The van der Waals surface area contributed by atoms with Gasteiger partial charge in [-0.05, 0) is 50.1 Å². The normalized spacial score (nSPS) is 10.3. The lowest BCUT2D eigenvalue weighted by atomic mass is 10.1. The van der Waals surface area contributed by atoms with Crippen LogP contribution in [0.3, 0.4) is 0 Å². The molecule has 0 aliphatic heterocycles. The zero-order valence-electron chi connectivity index (χ0n) is 9.74. The van der Waals surface area contributed by atoms with E-state index in [2.05, 4.69) is 55.6 Å². The van der Waals surface area contributed by atoms with Crippen LogP contribution in [0.5, 0.6) is 0 Å². The molecule has 0 fully saturated rings. The lowest BCUT2D eigenvalue weighted by molar-refractivity contribution is 0.864. The van der Waals surface area contributed by atoms with Crippen molar-refractivity contribution in [1.82, 2.24) is 0 Å². The number of aryl methyl sites for hydroxylation is 1. The van der Waals surface area contributed by atoms with Crippen LogP contribution in [-0.4, -0.2) is 18.8 Å². The van der Waals surface area contributed by atoms with E-state index in [1.54, 1.807) is 0 Å². The summed E-state index contributed by atoms with van der Waals surface area (Å²) >= 11 is 4.23. The van der Waals surface area contributed by atoms with Crippen molar-refractivity contribution in [2.45, 2.75) is 26.7 Å². The van der Waals surface area contributed by atoms with Crippen LogP contribution in [0.15, 0.2) is 24.3 Å². The highest BCUT2D eigenvalue weighted by atomic mass is 32.1. The Hall–Kier alpha value is -0.630. The van der Waals surface area contributed by atoms with Crippen molar-refractivity contribution >= 4 is 18.3 Å². The fraction of sp³-hybridized carbons (Fsp3) is 0.538. The van der Waals surface area contributed by atoms with Crippen molar-refractivity contribution < 1.29 is 0 Å². The number of hydrogen-bond donors (Lipinski definition) is 1. The molecule has 0 bridgehead atoms.